The molecule has 0 aliphatic rings. The molecule has 8 heteroatoms. The van der Waals surface area contributed by atoms with E-state index in [9.17, 15) is 19.5 Å². The predicted octanol–water partition coefficient (Wildman–Crippen LogP) is 2.70. The quantitative estimate of drug-likeness (QED) is 0.353. The van der Waals surface area contributed by atoms with Crippen molar-refractivity contribution < 1.29 is 14.7 Å². The molecule has 4 rings (SSSR count). The first-order valence-electron chi connectivity index (χ1n) is 10.9. The maximum absolute atomic E-state index is 12.9. The minimum atomic E-state index is -0.391. The fourth-order valence-electron chi connectivity index (χ4n) is 3.59. The van der Waals surface area contributed by atoms with Crippen molar-refractivity contribution >= 4 is 22.6 Å². The molecule has 0 bridgehead atoms. The molecule has 3 N–H and O–H groups in total. The van der Waals surface area contributed by atoms with Gasteiger partial charge in [0.05, 0.1) is 11.9 Å². The van der Waals surface area contributed by atoms with Gasteiger partial charge in [0, 0.05) is 24.0 Å². The summed E-state index contributed by atoms with van der Waals surface area (Å²) >= 11 is 0. The molecule has 34 heavy (non-hydrogen) atoms. The van der Waals surface area contributed by atoms with Gasteiger partial charge >= 0.3 is 0 Å². The number of amides is 2. The lowest BCUT2D eigenvalue weighted by molar-refractivity contribution is 0.0947. The summed E-state index contributed by atoms with van der Waals surface area (Å²) in [5, 5.41) is 20.3. The molecule has 0 aliphatic carbocycles. The van der Waals surface area contributed by atoms with E-state index in [0.717, 1.165) is 5.56 Å². The Kier molecular flexibility index (Phi) is 6.98. The Morgan fingerprint density at radius 3 is 2.24 bits per heavy atom. The SMILES string of the molecule is O=C(NCCCNC(=O)c1nn(Cc2ccccc2)c(=O)c2ccccc12)c1cccc(O)c1. The number of nitrogens with one attached hydrogen (secondary N) is 2. The topological polar surface area (TPSA) is 113 Å². The molecular weight excluding hydrogens is 432 g/mol. The van der Waals surface area contributed by atoms with Crippen LogP contribution in [0.3, 0.4) is 0 Å². The van der Waals surface area contributed by atoms with Crippen LogP contribution < -0.4 is 16.2 Å². The first kappa shape index (κ1) is 22.7. The number of aromatic hydroxyl groups is 1. The van der Waals surface area contributed by atoms with E-state index in [1.807, 2.05) is 30.3 Å². The second-order valence-corrected chi connectivity index (χ2v) is 7.76. The number of fused-ring (bicyclic) bond motifs is 1. The predicted molar refractivity (Wildman–Crippen MR) is 129 cm³/mol. The number of rotatable bonds is 8. The van der Waals surface area contributed by atoms with E-state index in [4.69, 9.17) is 0 Å². The van der Waals surface area contributed by atoms with Crippen molar-refractivity contribution in [3.05, 3.63) is 106 Å². The van der Waals surface area contributed by atoms with Crippen molar-refractivity contribution in [2.24, 2.45) is 0 Å². The molecular formula is C26H24N4O4. The Balaban J connectivity index is 1.42. The van der Waals surface area contributed by atoms with Gasteiger partial charge in [0.15, 0.2) is 5.69 Å². The summed E-state index contributed by atoms with van der Waals surface area (Å²) < 4.78 is 1.31. The number of carbonyl (C=O) groups excluding carboxylic acids is 2. The Hall–Kier alpha value is -4.46. The van der Waals surface area contributed by atoms with E-state index in [2.05, 4.69) is 15.7 Å². The van der Waals surface area contributed by atoms with Crippen LogP contribution in [0.5, 0.6) is 5.75 Å². The first-order valence-corrected chi connectivity index (χ1v) is 10.9. The second-order valence-electron chi connectivity index (χ2n) is 7.76. The van der Waals surface area contributed by atoms with Gasteiger partial charge in [-0.2, -0.15) is 5.10 Å². The van der Waals surface area contributed by atoms with E-state index >= 15 is 0 Å². The summed E-state index contributed by atoms with van der Waals surface area (Å²) in [6.45, 7) is 0.912. The molecule has 0 saturated carbocycles. The summed E-state index contributed by atoms with van der Waals surface area (Å²) in [5.41, 5.74) is 1.18. The van der Waals surface area contributed by atoms with E-state index < -0.39 is 5.91 Å². The van der Waals surface area contributed by atoms with Gasteiger partial charge in [0.2, 0.25) is 0 Å². The Bertz CT molecular complexity index is 1380. The van der Waals surface area contributed by atoms with E-state index in [0.29, 0.717) is 35.8 Å². The standard InChI is InChI=1S/C26H24N4O4/c31-20-11-6-10-19(16-20)24(32)27-14-7-15-28-25(33)23-21-12-4-5-13-22(21)26(34)30(29-23)17-18-8-2-1-3-9-18/h1-6,8-13,16,31H,7,14-15,17H2,(H,27,32)(H,28,33). The third-order valence-corrected chi connectivity index (χ3v) is 5.29. The molecule has 3 aromatic carbocycles. The second kappa shape index (κ2) is 10.4. The van der Waals surface area contributed by atoms with Gasteiger partial charge in [-0.25, -0.2) is 4.68 Å². The zero-order chi connectivity index (χ0) is 23.9. The number of hydrogen-bond donors (Lipinski definition) is 3. The highest BCUT2D eigenvalue weighted by molar-refractivity contribution is 6.04. The fourth-order valence-corrected chi connectivity index (χ4v) is 3.59. The van der Waals surface area contributed by atoms with Crippen molar-refractivity contribution in [3.8, 4) is 5.75 Å². The third-order valence-electron chi connectivity index (χ3n) is 5.29. The Morgan fingerprint density at radius 2 is 1.50 bits per heavy atom. The van der Waals surface area contributed by atoms with Crippen LogP contribution >= 0.6 is 0 Å². The molecule has 4 aromatic rings. The normalized spacial score (nSPS) is 10.7. The van der Waals surface area contributed by atoms with Gasteiger partial charge in [-0.15, -0.1) is 0 Å². The van der Waals surface area contributed by atoms with E-state index in [-0.39, 0.29) is 29.5 Å². The van der Waals surface area contributed by atoms with E-state index in [1.54, 1.807) is 36.4 Å². The van der Waals surface area contributed by atoms with Crippen molar-refractivity contribution in [3.63, 3.8) is 0 Å². The largest absolute Gasteiger partial charge is 0.508 e. The van der Waals surface area contributed by atoms with Gasteiger partial charge in [-0.3, -0.25) is 14.4 Å². The van der Waals surface area contributed by atoms with Crippen molar-refractivity contribution in [2.45, 2.75) is 13.0 Å². The average molecular weight is 457 g/mol. The van der Waals surface area contributed by atoms with Crippen LogP contribution in [0.2, 0.25) is 0 Å². The van der Waals surface area contributed by atoms with Gasteiger partial charge in [-0.05, 0) is 36.2 Å². The number of aromatic nitrogens is 2. The van der Waals surface area contributed by atoms with Crippen molar-refractivity contribution in [1.29, 1.82) is 0 Å². The summed E-state index contributed by atoms with van der Waals surface area (Å²) in [5.74, 6) is -0.673. The summed E-state index contributed by atoms with van der Waals surface area (Å²) in [6.07, 6.45) is 0.498. The van der Waals surface area contributed by atoms with Crippen LogP contribution in [-0.4, -0.2) is 39.8 Å². The highest BCUT2D eigenvalue weighted by Crippen LogP contribution is 2.14. The van der Waals surface area contributed by atoms with Crippen LogP contribution in [0.4, 0.5) is 0 Å². The molecule has 0 radical (unpaired) electrons. The minimum absolute atomic E-state index is 0.0215. The maximum atomic E-state index is 12.9. The number of carbonyl (C=O) groups is 2. The molecule has 1 aromatic heterocycles. The molecule has 172 valence electrons. The fraction of sp³-hybridized carbons (Fsp3) is 0.154. The van der Waals surface area contributed by atoms with Crippen LogP contribution in [-0.2, 0) is 6.54 Å². The van der Waals surface area contributed by atoms with Crippen LogP contribution in [0.1, 0.15) is 32.8 Å². The molecule has 0 atom stereocenters. The lowest BCUT2D eigenvalue weighted by Gasteiger charge is -2.12. The molecule has 0 fully saturated rings. The van der Waals surface area contributed by atoms with Crippen LogP contribution in [0, 0.1) is 0 Å². The number of phenolic OH excluding ortho intramolecular Hbond substituents is 1. The molecule has 1 heterocycles. The lowest BCUT2D eigenvalue weighted by Crippen LogP contribution is -2.33. The first-order chi connectivity index (χ1) is 16.5. The number of benzene rings is 3. The molecule has 8 nitrogen and oxygen atoms in total. The molecule has 0 aliphatic heterocycles. The smallest absolute Gasteiger partial charge is 0.274 e. The molecule has 2 amide bonds. The van der Waals surface area contributed by atoms with Crippen molar-refractivity contribution in [2.75, 3.05) is 13.1 Å². The minimum Gasteiger partial charge on any atom is -0.508 e. The Labute approximate surface area is 195 Å². The molecule has 0 unspecified atom stereocenters. The van der Waals surface area contributed by atoms with Crippen molar-refractivity contribution in [1.82, 2.24) is 20.4 Å². The Morgan fingerprint density at radius 1 is 0.824 bits per heavy atom. The zero-order valence-electron chi connectivity index (χ0n) is 18.4. The zero-order valence-corrected chi connectivity index (χ0v) is 18.4. The summed E-state index contributed by atoms with van der Waals surface area (Å²) in [4.78, 5) is 38.0. The summed E-state index contributed by atoms with van der Waals surface area (Å²) in [6, 6.07) is 22.5. The van der Waals surface area contributed by atoms with E-state index in [1.165, 1.54) is 16.8 Å². The van der Waals surface area contributed by atoms with Gasteiger partial charge in [-0.1, -0.05) is 54.6 Å². The highest BCUT2D eigenvalue weighted by atomic mass is 16.3. The summed E-state index contributed by atoms with van der Waals surface area (Å²) in [7, 11) is 0. The maximum Gasteiger partial charge on any atom is 0.274 e. The average Bonchev–Trinajstić information content (AvgIpc) is 2.86. The molecule has 0 saturated heterocycles. The third kappa shape index (κ3) is 5.29. The van der Waals surface area contributed by atoms with Gasteiger partial charge in [0.25, 0.3) is 17.4 Å². The van der Waals surface area contributed by atoms with Crippen LogP contribution in [0.15, 0.2) is 83.7 Å². The highest BCUT2D eigenvalue weighted by Gasteiger charge is 2.16. The number of nitrogens with zero attached hydrogens (tertiary/aromatic N) is 2. The van der Waals surface area contributed by atoms with Crippen LogP contribution in [0.25, 0.3) is 10.8 Å². The van der Waals surface area contributed by atoms with Gasteiger partial charge < -0.3 is 15.7 Å². The monoisotopic (exact) mass is 456 g/mol. The number of hydrogen-bond acceptors (Lipinski definition) is 5. The molecule has 0 spiro atoms. The van der Waals surface area contributed by atoms with Gasteiger partial charge in [0.1, 0.15) is 5.75 Å². The number of phenols is 1. The lowest BCUT2D eigenvalue weighted by atomic mass is 10.1.